The van der Waals surface area contributed by atoms with Crippen molar-refractivity contribution in [2.24, 2.45) is 5.92 Å². The van der Waals surface area contributed by atoms with Gasteiger partial charge in [-0.1, -0.05) is 26.2 Å². The highest BCUT2D eigenvalue weighted by Crippen LogP contribution is 2.30. The minimum atomic E-state index is 0.582. The maximum absolute atomic E-state index is 4.72. The number of aromatic nitrogens is 2. The molecule has 0 aliphatic heterocycles. The molecular formula is C16H28BrN3. The normalized spacial score (nSPS) is 18.4. The summed E-state index contributed by atoms with van der Waals surface area (Å²) in [5.41, 5.74) is 2.56. The molecular weight excluding hydrogens is 314 g/mol. The van der Waals surface area contributed by atoms with Crippen LogP contribution in [0.4, 0.5) is 0 Å². The summed E-state index contributed by atoms with van der Waals surface area (Å²) < 4.78 is 3.41. The van der Waals surface area contributed by atoms with E-state index in [0.717, 1.165) is 25.3 Å². The third-order valence-electron chi connectivity index (χ3n) is 4.70. The lowest BCUT2D eigenvalue weighted by Crippen LogP contribution is -2.37. The van der Waals surface area contributed by atoms with Gasteiger partial charge in [0.1, 0.15) is 0 Å². The van der Waals surface area contributed by atoms with Crippen LogP contribution in [0.5, 0.6) is 0 Å². The summed E-state index contributed by atoms with van der Waals surface area (Å²) in [6.45, 7) is 5.31. The first-order valence-corrected chi connectivity index (χ1v) is 8.91. The van der Waals surface area contributed by atoms with E-state index in [0.29, 0.717) is 6.04 Å². The van der Waals surface area contributed by atoms with Gasteiger partial charge in [0, 0.05) is 19.0 Å². The van der Waals surface area contributed by atoms with E-state index in [1.165, 1.54) is 48.0 Å². The van der Waals surface area contributed by atoms with Gasteiger partial charge >= 0.3 is 0 Å². The Bertz CT molecular complexity index is 422. The lowest BCUT2D eigenvalue weighted by Gasteiger charge is -2.30. The molecule has 1 aliphatic carbocycles. The molecule has 0 spiro atoms. The number of halogens is 1. The molecule has 1 aromatic heterocycles. The maximum atomic E-state index is 4.72. The van der Waals surface area contributed by atoms with E-state index in [4.69, 9.17) is 5.10 Å². The van der Waals surface area contributed by atoms with Crippen LogP contribution in [0.1, 0.15) is 57.3 Å². The average molecular weight is 342 g/mol. The van der Waals surface area contributed by atoms with E-state index in [1.807, 2.05) is 0 Å². The van der Waals surface area contributed by atoms with Gasteiger partial charge in [0.25, 0.3) is 0 Å². The Morgan fingerprint density at radius 2 is 2.00 bits per heavy atom. The molecule has 4 heteroatoms. The molecule has 1 atom stereocenters. The van der Waals surface area contributed by atoms with E-state index in [9.17, 15) is 0 Å². The number of rotatable bonds is 6. The summed E-state index contributed by atoms with van der Waals surface area (Å²) in [7, 11) is 2.11. The lowest BCUT2D eigenvalue weighted by molar-refractivity contribution is 0.273. The molecule has 20 heavy (non-hydrogen) atoms. The van der Waals surface area contributed by atoms with Crippen molar-refractivity contribution in [3.63, 3.8) is 0 Å². The Kier molecular flexibility index (Phi) is 6.09. The Labute approximate surface area is 131 Å². The second-order valence-electron chi connectivity index (χ2n) is 5.87. The van der Waals surface area contributed by atoms with Crippen molar-refractivity contribution in [3.05, 3.63) is 15.9 Å². The summed E-state index contributed by atoms with van der Waals surface area (Å²) in [6, 6.07) is 0.582. The Morgan fingerprint density at radius 3 is 2.55 bits per heavy atom. The van der Waals surface area contributed by atoms with Crippen LogP contribution in [0, 0.1) is 5.92 Å². The van der Waals surface area contributed by atoms with Crippen LogP contribution in [0.2, 0.25) is 0 Å². The molecule has 1 fully saturated rings. The Balaban J connectivity index is 2.15. The summed E-state index contributed by atoms with van der Waals surface area (Å²) in [4.78, 5) is 0. The van der Waals surface area contributed by atoms with Crippen LogP contribution in [-0.4, -0.2) is 22.9 Å². The molecule has 2 rings (SSSR count). The fourth-order valence-electron chi connectivity index (χ4n) is 3.46. The molecule has 0 radical (unpaired) electrons. The predicted octanol–water partition coefficient (Wildman–Crippen LogP) is 3.94. The quantitative estimate of drug-likeness (QED) is 0.849. The zero-order chi connectivity index (χ0) is 14.5. The minimum Gasteiger partial charge on any atom is -0.316 e. The standard InChI is InChI=1S/C16H28BrN3/c1-4-13-16(17)15(20(5-2)19-13)11-14(18-3)12-9-7-6-8-10-12/h12,14,18H,4-11H2,1-3H3. The zero-order valence-corrected chi connectivity index (χ0v) is 14.7. The van der Waals surface area contributed by atoms with Gasteiger partial charge in [-0.2, -0.15) is 5.10 Å². The Morgan fingerprint density at radius 1 is 1.30 bits per heavy atom. The highest BCUT2D eigenvalue weighted by molar-refractivity contribution is 9.10. The molecule has 1 N–H and O–H groups in total. The van der Waals surface area contributed by atoms with Crippen LogP contribution < -0.4 is 5.32 Å². The fourth-order valence-corrected chi connectivity index (χ4v) is 4.19. The molecule has 1 aromatic rings. The first-order valence-electron chi connectivity index (χ1n) is 8.12. The molecule has 114 valence electrons. The second kappa shape index (κ2) is 7.60. The molecule has 1 heterocycles. The smallest absolute Gasteiger partial charge is 0.0766 e. The van der Waals surface area contributed by atoms with Gasteiger partial charge in [-0.05, 0) is 55.1 Å². The first-order chi connectivity index (χ1) is 9.71. The third-order valence-corrected chi connectivity index (χ3v) is 5.61. The van der Waals surface area contributed by atoms with E-state index >= 15 is 0 Å². The van der Waals surface area contributed by atoms with E-state index in [1.54, 1.807) is 0 Å². The number of nitrogens with one attached hydrogen (secondary N) is 1. The van der Waals surface area contributed by atoms with E-state index in [-0.39, 0.29) is 0 Å². The molecule has 0 amide bonds. The SMILES string of the molecule is CCc1nn(CC)c(CC(NC)C2CCCCC2)c1Br. The van der Waals surface area contributed by atoms with Crippen molar-refractivity contribution in [3.8, 4) is 0 Å². The van der Waals surface area contributed by atoms with Crippen molar-refractivity contribution in [1.29, 1.82) is 0 Å². The molecule has 3 nitrogen and oxygen atoms in total. The van der Waals surface area contributed by atoms with Gasteiger partial charge in [-0.15, -0.1) is 0 Å². The molecule has 1 unspecified atom stereocenters. The van der Waals surface area contributed by atoms with Gasteiger partial charge in [0.15, 0.2) is 0 Å². The van der Waals surface area contributed by atoms with Crippen LogP contribution >= 0.6 is 15.9 Å². The number of nitrogens with zero attached hydrogens (tertiary/aromatic N) is 2. The van der Waals surface area contributed by atoms with E-state index < -0.39 is 0 Å². The van der Waals surface area contributed by atoms with Crippen molar-refractivity contribution in [1.82, 2.24) is 15.1 Å². The highest BCUT2D eigenvalue weighted by atomic mass is 79.9. The van der Waals surface area contributed by atoms with Crippen LogP contribution in [0.25, 0.3) is 0 Å². The van der Waals surface area contributed by atoms with Crippen LogP contribution in [-0.2, 0) is 19.4 Å². The minimum absolute atomic E-state index is 0.582. The number of hydrogen-bond acceptors (Lipinski definition) is 2. The summed E-state index contributed by atoms with van der Waals surface area (Å²) in [5, 5.41) is 8.29. The highest BCUT2D eigenvalue weighted by Gasteiger charge is 2.25. The predicted molar refractivity (Wildman–Crippen MR) is 88.1 cm³/mol. The topological polar surface area (TPSA) is 29.9 Å². The number of aryl methyl sites for hydroxylation is 2. The average Bonchev–Trinajstić information content (AvgIpc) is 2.81. The van der Waals surface area contributed by atoms with Crippen molar-refractivity contribution >= 4 is 15.9 Å². The van der Waals surface area contributed by atoms with Crippen molar-refractivity contribution < 1.29 is 0 Å². The first kappa shape index (κ1) is 16.0. The monoisotopic (exact) mass is 341 g/mol. The number of hydrogen-bond donors (Lipinski definition) is 1. The van der Waals surface area contributed by atoms with Crippen molar-refractivity contribution in [2.45, 2.75) is 71.4 Å². The van der Waals surface area contributed by atoms with Gasteiger partial charge in [0.05, 0.1) is 15.9 Å². The van der Waals surface area contributed by atoms with Gasteiger partial charge in [0.2, 0.25) is 0 Å². The summed E-state index contributed by atoms with van der Waals surface area (Å²) in [6.07, 6.45) is 9.06. The largest absolute Gasteiger partial charge is 0.316 e. The van der Waals surface area contributed by atoms with Crippen molar-refractivity contribution in [2.75, 3.05) is 7.05 Å². The lowest BCUT2D eigenvalue weighted by atomic mass is 9.82. The molecule has 1 saturated carbocycles. The number of likely N-dealkylation sites (N-methyl/N-ethyl adjacent to an activating group) is 1. The van der Waals surface area contributed by atoms with E-state index in [2.05, 4.69) is 46.8 Å². The molecule has 0 bridgehead atoms. The Hall–Kier alpha value is -0.350. The van der Waals surface area contributed by atoms with Gasteiger partial charge in [-0.25, -0.2) is 0 Å². The molecule has 1 aliphatic rings. The van der Waals surface area contributed by atoms with Gasteiger partial charge < -0.3 is 5.32 Å². The zero-order valence-electron chi connectivity index (χ0n) is 13.1. The fraction of sp³-hybridized carbons (Fsp3) is 0.812. The molecule has 0 aromatic carbocycles. The third kappa shape index (κ3) is 3.45. The maximum Gasteiger partial charge on any atom is 0.0766 e. The van der Waals surface area contributed by atoms with Crippen LogP contribution in [0.15, 0.2) is 4.47 Å². The van der Waals surface area contributed by atoms with Gasteiger partial charge in [-0.3, -0.25) is 4.68 Å². The van der Waals surface area contributed by atoms with Crippen LogP contribution in [0.3, 0.4) is 0 Å². The summed E-state index contributed by atoms with van der Waals surface area (Å²) >= 11 is 3.77. The second-order valence-corrected chi connectivity index (χ2v) is 6.67. The molecule has 0 saturated heterocycles. The summed E-state index contributed by atoms with van der Waals surface area (Å²) in [5.74, 6) is 0.825.